The zero-order valence-corrected chi connectivity index (χ0v) is 12.0. The van der Waals surface area contributed by atoms with E-state index in [4.69, 9.17) is 0 Å². The van der Waals surface area contributed by atoms with Crippen molar-refractivity contribution in [2.24, 2.45) is 7.05 Å². The molecular formula is C16H23N2+. The molecule has 96 valence electrons. The van der Waals surface area contributed by atoms with Crippen LogP contribution in [0.4, 0.5) is 0 Å². The number of nitrogens with zero attached hydrogens (tertiary/aromatic N) is 2. The van der Waals surface area contributed by atoms with E-state index in [2.05, 4.69) is 74.4 Å². The highest BCUT2D eigenvalue weighted by Crippen LogP contribution is 2.16. The lowest BCUT2D eigenvalue weighted by atomic mass is 10.1. The Bertz CT molecular complexity index is 490. The number of aromatic nitrogens is 2. The van der Waals surface area contributed by atoms with Gasteiger partial charge in [-0.3, -0.25) is 0 Å². The fraction of sp³-hybridized carbons (Fsp3) is 0.312. The molecule has 0 atom stereocenters. The largest absolute Gasteiger partial charge is 0.358 e. The summed E-state index contributed by atoms with van der Waals surface area (Å²) in [5, 5.41) is 0. The topological polar surface area (TPSA) is 7.76 Å². The third kappa shape index (κ3) is 3.16. The van der Waals surface area contributed by atoms with Gasteiger partial charge in [-0.15, -0.1) is 0 Å². The Morgan fingerprint density at radius 1 is 0.778 bits per heavy atom. The van der Waals surface area contributed by atoms with E-state index in [1.807, 2.05) is 11.6 Å². The molecule has 0 aliphatic rings. The number of hydrogen-bond donors (Lipinski definition) is 0. The van der Waals surface area contributed by atoms with Crippen molar-refractivity contribution in [2.75, 3.05) is 0 Å². The van der Waals surface area contributed by atoms with Crippen LogP contribution in [0.2, 0.25) is 0 Å². The van der Waals surface area contributed by atoms with Crippen molar-refractivity contribution >= 4 is 0 Å². The molecule has 18 heavy (non-hydrogen) atoms. The molecule has 2 heterocycles. The maximum Gasteiger partial charge on any atom is 0.169 e. The fourth-order valence-corrected chi connectivity index (χ4v) is 1.76. The molecule has 0 amide bonds. The van der Waals surface area contributed by atoms with Gasteiger partial charge in [-0.2, -0.15) is 0 Å². The molecule has 2 aromatic heterocycles. The van der Waals surface area contributed by atoms with E-state index >= 15 is 0 Å². The summed E-state index contributed by atoms with van der Waals surface area (Å²) in [7, 11) is 2.03. The number of pyridine rings is 2. The Labute approximate surface area is 111 Å². The molecule has 2 aromatic rings. The molecular weight excluding hydrogens is 220 g/mol. The van der Waals surface area contributed by atoms with Crippen molar-refractivity contribution in [3.8, 4) is 11.1 Å². The molecule has 2 heteroatoms. The predicted octanol–water partition coefficient (Wildman–Crippen LogP) is 2.67. The van der Waals surface area contributed by atoms with Gasteiger partial charge in [-0.25, -0.2) is 9.13 Å². The maximum atomic E-state index is 2.22. The van der Waals surface area contributed by atoms with Crippen LogP contribution in [0.3, 0.4) is 0 Å². The summed E-state index contributed by atoms with van der Waals surface area (Å²) in [6, 6.07) is 8.61. The van der Waals surface area contributed by atoms with Crippen molar-refractivity contribution in [1.82, 2.24) is 0 Å². The van der Waals surface area contributed by atoms with Crippen LogP contribution in [0.15, 0.2) is 49.1 Å². The van der Waals surface area contributed by atoms with Crippen LogP contribution in [-0.2, 0) is 12.6 Å². The molecule has 0 aromatic carbocycles. The third-order valence-corrected chi connectivity index (χ3v) is 2.92. The van der Waals surface area contributed by atoms with Crippen LogP contribution in [0.1, 0.15) is 20.8 Å². The van der Waals surface area contributed by atoms with Gasteiger partial charge < -0.3 is 7.43 Å². The molecule has 0 fully saturated rings. The monoisotopic (exact) mass is 243 g/mol. The van der Waals surface area contributed by atoms with E-state index < -0.39 is 0 Å². The summed E-state index contributed by atoms with van der Waals surface area (Å²) >= 11 is 0. The Morgan fingerprint density at radius 2 is 1.17 bits per heavy atom. The van der Waals surface area contributed by atoms with Gasteiger partial charge in [0.05, 0.1) is 0 Å². The zero-order valence-electron chi connectivity index (χ0n) is 12.0. The van der Waals surface area contributed by atoms with E-state index in [1.54, 1.807) is 0 Å². The predicted molar refractivity (Wildman–Crippen MR) is 74.7 cm³/mol. The summed E-state index contributed by atoms with van der Waals surface area (Å²) in [6.45, 7) is 6.61. The Hall–Kier alpha value is -1.70. The molecule has 0 unspecified atom stereocenters. The highest BCUT2D eigenvalue weighted by molar-refractivity contribution is 5.60. The molecule has 0 radical (unpaired) electrons. The van der Waals surface area contributed by atoms with Crippen LogP contribution in [0, 0.1) is 7.43 Å². The number of aryl methyl sites for hydroxylation is 1. The second-order valence-electron chi connectivity index (χ2n) is 5.42. The number of rotatable bonds is 1. The number of hydrogen-bond acceptors (Lipinski definition) is 0. The van der Waals surface area contributed by atoms with Gasteiger partial charge >= 0.3 is 0 Å². The van der Waals surface area contributed by atoms with Crippen molar-refractivity contribution in [3.05, 3.63) is 56.5 Å². The van der Waals surface area contributed by atoms with Crippen LogP contribution in [0.25, 0.3) is 11.1 Å². The first kappa shape index (κ1) is 14.4. The lowest BCUT2D eigenvalue weighted by Crippen LogP contribution is -2.49. The second kappa shape index (κ2) is 5.30. The molecule has 2 nitrogen and oxygen atoms in total. The first-order valence-electron chi connectivity index (χ1n) is 5.94. The van der Waals surface area contributed by atoms with E-state index in [1.165, 1.54) is 11.1 Å². The van der Waals surface area contributed by atoms with Crippen LogP contribution in [-0.4, -0.2) is 0 Å². The van der Waals surface area contributed by atoms with E-state index in [0.717, 1.165) is 0 Å². The molecule has 0 N–H and O–H groups in total. The third-order valence-electron chi connectivity index (χ3n) is 2.92. The lowest BCUT2D eigenvalue weighted by Gasteiger charge is -2.12. The molecule has 2 rings (SSSR count). The van der Waals surface area contributed by atoms with Crippen LogP contribution in [0.5, 0.6) is 0 Å². The van der Waals surface area contributed by atoms with Crippen molar-refractivity contribution in [2.45, 2.75) is 26.3 Å². The summed E-state index contributed by atoms with van der Waals surface area (Å²) in [4.78, 5) is 0. The summed E-state index contributed by atoms with van der Waals surface area (Å²) < 4.78 is 4.27. The minimum Gasteiger partial charge on any atom is -0.358 e. The quantitative estimate of drug-likeness (QED) is 0.537. The average molecular weight is 243 g/mol. The molecule has 0 aliphatic carbocycles. The smallest absolute Gasteiger partial charge is 0.169 e. The molecule has 0 aliphatic heterocycles. The standard InChI is InChI=1S/C15H20N2.CH3/c1-15(2,3)17-11-7-14(8-12-17)13-5-9-16(4)10-6-13;/h5-12H,1-4H3;1H3/q+2;-1. The van der Waals surface area contributed by atoms with Crippen molar-refractivity contribution < 1.29 is 9.13 Å². The van der Waals surface area contributed by atoms with Gasteiger partial charge in [0.2, 0.25) is 0 Å². The SMILES string of the molecule is C[n+]1ccc(-c2cc[n+](C(C)(C)C)cc2)cc1.[CH3-]. The van der Waals surface area contributed by atoms with Crippen LogP contribution < -0.4 is 9.13 Å². The van der Waals surface area contributed by atoms with Gasteiger partial charge in [0.1, 0.15) is 7.05 Å². The van der Waals surface area contributed by atoms with Crippen molar-refractivity contribution in [3.63, 3.8) is 0 Å². The average Bonchev–Trinajstić information content (AvgIpc) is 2.29. The van der Waals surface area contributed by atoms with Gasteiger partial charge in [0.25, 0.3) is 0 Å². The minimum absolute atomic E-state index is 0. The van der Waals surface area contributed by atoms with E-state index in [9.17, 15) is 0 Å². The Balaban J connectivity index is 0.00000162. The van der Waals surface area contributed by atoms with E-state index in [-0.39, 0.29) is 13.0 Å². The normalized spacial score (nSPS) is 10.9. The Morgan fingerprint density at radius 3 is 1.56 bits per heavy atom. The van der Waals surface area contributed by atoms with Crippen LogP contribution >= 0.6 is 0 Å². The summed E-state index contributed by atoms with van der Waals surface area (Å²) in [5.74, 6) is 0. The van der Waals surface area contributed by atoms with Gasteiger partial charge in [0.15, 0.2) is 30.3 Å². The highest BCUT2D eigenvalue weighted by atomic mass is 15.0. The van der Waals surface area contributed by atoms with Gasteiger partial charge in [0, 0.05) is 45.0 Å². The summed E-state index contributed by atoms with van der Waals surface area (Å²) in [5.41, 5.74) is 2.65. The zero-order chi connectivity index (χ0) is 12.5. The highest BCUT2D eigenvalue weighted by Gasteiger charge is 2.20. The minimum atomic E-state index is 0. The molecule has 0 saturated carbocycles. The van der Waals surface area contributed by atoms with Crippen molar-refractivity contribution in [1.29, 1.82) is 0 Å². The molecule has 0 bridgehead atoms. The van der Waals surface area contributed by atoms with Gasteiger partial charge in [-0.05, 0) is 11.1 Å². The Kier molecular flexibility index (Phi) is 4.23. The summed E-state index contributed by atoms with van der Waals surface area (Å²) in [6.07, 6.45) is 8.42. The first-order chi connectivity index (χ1) is 7.97. The second-order valence-corrected chi connectivity index (χ2v) is 5.42. The first-order valence-corrected chi connectivity index (χ1v) is 5.94. The lowest BCUT2D eigenvalue weighted by molar-refractivity contribution is -0.754. The van der Waals surface area contributed by atoms with Gasteiger partial charge in [-0.1, -0.05) is 0 Å². The molecule has 0 saturated heterocycles. The maximum absolute atomic E-state index is 2.22. The molecule has 0 spiro atoms. The van der Waals surface area contributed by atoms with E-state index in [0.29, 0.717) is 0 Å². The fourth-order valence-electron chi connectivity index (χ4n) is 1.76.